The smallest absolute Gasteiger partial charge is 0.320 e. The van der Waals surface area contributed by atoms with Crippen LogP contribution in [0.15, 0.2) is 18.2 Å². The first-order valence-electron chi connectivity index (χ1n) is 4.27. The second-order valence-electron chi connectivity index (χ2n) is 3.27. The Balaban J connectivity index is 2.78. The van der Waals surface area contributed by atoms with Crippen LogP contribution >= 0.6 is 0 Å². The third-order valence-corrected chi connectivity index (χ3v) is 2.05. The number of carbonyl (C=O) groups is 1. The zero-order chi connectivity index (χ0) is 10.7. The van der Waals surface area contributed by atoms with E-state index in [1.54, 1.807) is 19.1 Å². The summed E-state index contributed by atoms with van der Waals surface area (Å²) in [7, 11) is 0. The Morgan fingerprint density at radius 1 is 1.57 bits per heavy atom. The van der Waals surface area contributed by atoms with Crippen molar-refractivity contribution in [3.8, 4) is 5.75 Å². The molecule has 0 radical (unpaired) electrons. The Kier molecular flexibility index (Phi) is 3.09. The molecule has 0 fully saturated rings. The molecule has 0 aliphatic rings. The first kappa shape index (κ1) is 10.5. The van der Waals surface area contributed by atoms with Gasteiger partial charge in [-0.2, -0.15) is 0 Å². The number of hydrogen-bond acceptors (Lipinski definition) is 3. The lowest BCUT2D eigenvalue weighted by Gasteiger charge is -2.07. The minimum Gasteiger partial charge on any atom is -0.508 e. The molecule has 0 aromatic heterocycles. The molecule has 76 valence electrons. The highest BCUT2D eigenvalue weighted by Gasteiger charge is 2.12. The molecule has 0 spiro atoms. The van der Waals surface area contributed by atoms with E-state index in [0.29, 0.717) is 0 Å². The summed E-state index contributed by atoms with van der Waals surface area (Å²) in [4.78, 5) is 10.5. The molecule has 0 saturated carbocycles. The van der Waals surface area contributed by atoms with E-state index in [-0.39, 0.29) is 12.2 Å². The van der Waals surface area contributed by atoms with Crippen LogP contribution in [-0.2, 0) is 11.2 Å². The van der Waals surface area contributed by atoms with Crippen LogP contribution in [-0.4, -0.2) is 22.2 Å². The number of rotatable bonds is 3. The van der Waals surface area contributed by atoms with E-state index in [1.165, 1.54) is 6.07 Å². The minimum absolute atomic E-state index is 0.167. The van der Waals surface area contributed by atoms with Crippen LogP contribution in [0.1, 0.15) is 11.1 Å². The normalized spacial score (nSPS) is 12.4. The average Bonchev–Trinajstić information content (AvgIpc) is 2.11. The van der Waals surface area contributed by atoms with Gasteiger partial charge in [-0.3, -0.25) is 4.79 Å². The topological polar surface area (TPSA) is 83.6 Å². The Morgan fingerprint density at radius 2 is 2.21 bits per heavy atom. The summed E-state index contributed by atoms with van der Waals surface area (Å²) in [5.41, 5.74) is 6.84. The molecular formula is C10H13NO3. The SMILES string of the molecule is Cc1ccc(CC(N)C(=O)O)cc1O. The van der Waals surface area contributed by atoms with Crippen LogP contribution in [0.4, 0.5) is 0 Å². The van der Waals surface area contributed by atoms with Crippen LogP contribution < -0.4 is 5.73 Å². The van der Waals surface area contributed by atoms with Gasteiger partial charge in [0, 0.05) is 0 Å². The van der Waals surface area contributed by atoms with Crippen molar-refractivity contribution < 1.29 is 15.0 Å². The van der Waals surface area contributed by atoms with Gasteiger partial charge in [-0.25, -0.2) is 0 Å². The van der Waals surface area contributed by atoms with Crippen molar-refractivity contribution in [3.05, 3.63) is 29.3 Å². The van der Waals surface area contributed by atoms with E-state index < -0.39 is 12.0 Å². The second-order valence-corrected chi connectivity index (χ2v) is 3.27. The second kappa shape index (κ2) is 4.11. The number of carboxylic acids is 1. The van der Waals surface area contributed by atoms with Crippen LogP contribution in [0.5, 0.6) is 5.75 Å². The molecule has 0 heterocycles. The van der Waals surface area contributed by atoms with E-state index in [2.05, 4.69) is 0 Å². The van der Waals surface area contributed by atoms with E-state index in [4.69, 9.17) is 10.8 Å². The number of nitrogens with two attached hydrogens (primary N) is 1. The lowest BCUT2D eigenvalue weighted by molar-refractivity contribution is -0.138. The number of aliphatic carboxylic acids is 1. The molecule has 4 N–H and O–H groups in total. The van der Waals surface area contributed by atoms with Gasteiger partial charge < -0.3 is 15.9 Å². The van der Waals surface area contributed by atoms with Gasteiger partial charge in [-0.15, -0.1) is 0 Å². The molecule has 0 aliphatic heterocycles. The summed E-state index contributed by atoms with van der Waals surface area (Å²) in [6, 6.07) is 4.12. The fraction of sp³-hybridized carbons (Fsp3) is 0.300. The Morgan fingerprint density at radius 3 is 2.71 bits per heavy atom. The lowest BCUT2D eigenvalue weighted by atomic mass is 10.0. The molecule has 4 heteroatoms. The monoisotopic (exact) mass is 195 g/mol. The summed E-state index contributed by atoms with van der Waals surface area (Å²) >= 11 is 0. The summed E-state index contributed by atoms with van der Waals surface area (Å²) in [6.07, 6.45) is 0.225. The quantitative estimate of drug-likeness (QED) is 0.661. The Labute approximate surface area is 82.0 Å². The summed E-state index contributed by atoms with van der Waals surface area (Å²) in [5, 5.41) is 17.9. The van der Waals surface area contributed by atoms with Crippen molar-refractivity contribution in [1.29, 1.82) is 0 Å². The highest BCUT2D eigenvalue weighted by molar-refractivity contribution is 5.73. The predicted octanol–water partition coefficient (Wildman–Crippen LogP) is 0.655. The number of aryl methyl sites for hydroxylation is 1. The predicted molar refractivity (Wildman–Crippen MR) is 52.2 cm³/mol. The lowest BCUT2D eigenvalue weighted by Crippen LogP contribution is -2.32. The molecule has 0 saturated heterocycles. The van der Waals surface area contributed by atoms with Crippen LogP contribution in [0.2, 0.25) is 0 Å². The van der Waals surface area contributed by atoms with Crippen molar-refractivity contribution in [2.75, 3.05) is 0 Å². The van der Waals surface area contributed by atoms with E-state index in [1.807, 2.05) is 0 Å². The molecule has 0 aliphatic carbocycles. The van der Waals surface area contributed by atoms with Gasteiger partial charge in [0.15, 0.2) is 0 Å². The van der Waals surface area contributed by atoms with E-state index >= 15 is 0 Å². The minimum atomic E-state index is -1.04. The van der Waals surface area contributed by atoms with Gasteiger partial charge in [0.1, 0.15) is 11.8 Å². The third-order valence-electron chi connectivity index (χ3n) is 2.05. The maximum absolute atomic E-state index is 10.5. The number of carboxylic acid groups (broad SMARTS) is 1. The molecule has 1 aromatic rings. The molecule has 0 bridgehead atoms. The Bertz CT molecular complexity index is 349. The van der Waals surface area contributed by atoms with Crippen molar-refractivity contribution >= 4 is 5.97 Å². The molecule has 1 aromatic carbocycles. The van der Waals surface area contributed by atoms with Crippen LogP contribution in [0, 0.1) is 6.92 Å². The molecule has 14 heavy (non-hydrogen) atoms. The third kappa shape index (κ3) is 2.47. The van der Waals surface area contributed by atoms with E-state index in [0.717, 1.165) is 11.1 Å². The maximum Gasteiger partial charge on any atom is 0.320 e. The molecule has 1 rings (SSSR count). The van der Waals surface area contributed by atoms with Crippen LogP contribution in [0.3, 0.4) is 0 Å². The summed E-state index contributed by atoms with van der Waals surface area (Å²) in [5.74, 6) is -0.870. The average molecular weight is 195 g/mol. The number of aromatic hydroxyl groups is 1. The van der Waals surface area contributed by atoms with E-state index in [9.17, 15) is 9.90 Å². The molecule has 1 unspecified atom stereocenters. The Hall–Kier alpha value is -1.55. The standard InChI is InChI=1S/C10H13NO3/c1-6-2-3-7(5-9(6)12)4-8(11)10(13)14/h2-3,5,8,12H,4,11H2,1H3,(H,13,14). The van der Waals surface area contributed by atoms with Crippen molar-refractivity contribution in [2.45, 2.75) is 19.4 Å². The zero-order valence-corrected chi connectivity index (χ0v) is 7.90. The highest BCUT2D eigenvalue weighted by atomic mass is 16.4. The van der Waals surface area contributed by atoms with Gasteiger partial charge in [0.25, 0.3) is 0 Å². The maximum atomic E-state index is 10.5. The fourth-order valence-electron chi connectivity index (χ4n) is 1.12. The van der Waals surface area contributed by atoms with Gasteiger partial charge in [-0.05, 0) is 30.5 Å². The highest BCUT2D eigenvalue weighted by Crippen LogP contribution is 2.18. The van der Waals surface area contributed by atoms with Crippen molar-refractivity contribution in [1.82, 2.24) is 0 Å². The van der Waals surface area contributed by atoms with Gasteiger partial charge in [0.2, 0.25) is 0 Å². The van der Waals surface area contributed by atoms with Gasteiger partial charge in [0.05, 0.1) is 0 Å². The first-order valence-corrected chi connectivity index (χ1v) is 4.27. The molecular weight excluding hydrogens is 182 g/mol. The number of phenolic OH excluding ortho intramolecular Hbond substituents is 1. The molecule has 0 amide bonds. The largest absolute Gasteiger partial charge is 0.508 e. The van der Waals surface area contributed by atoms with Crippen molar-refractivity contribution in [3.63, 3.8) is 0 Å². The van der Waals surface area contributed by atoms with Gasteiger partial charge in [-0.1, -0.05) is 12.1 Å². The first-order chi connectivity index (χ1) is 6.50. The van der Waals surface area contributed by atoms with Crippen LogP contribution in [0.25, 0.3) is 0 Å². The molecule has 1 atom stereocenters. The van der Waals surface area contributed by atoms with Gasteiger partial charge >= 0.3 is 5.97 Å². The number of hydrogen-bond donors (Lipinski definition) is 3. The van der Waals surface area contributed by atoms with Crippen molar-refractivity contribution in [2.24, 2.45) is 5.73 Å². The summed E-state index contributed by atoms with van der Waals surface area (Å²) < 4.78 is 0. The zero-order valence-electron chi connectivity index (χ0n) is 7.90. The number of phenols is 1. The number of benzene rings is 1. The fourth-order valence-corrected chi connectivity index (χ4v) is 1.12. The molecule has 4 nitrogen and oxygen atoms in total. The summed E-state index contributed by atoms with van der Waals surface area (Å²) in [6.45, 7) is 1.77.